The summed E-state index contributed by atoms with van der Waals surface area (Å²) in [5.74, 6) is -0.0459. The van der Waals surface area contributed by atoms with E-state index in [0.717, 1.165) is 38.5 Å². The number of hydrogen-bond acceptors (Lipinski definition) is 5. The van der Waals surface area contributed by atoms with Crippen LogP contribution in [0.2, 0.25) is 0 Å². The van der Waals surface area contributed by atoms with E-state index < -0.39 is 12.1 Å². The summed E-state index contributed by atoms with van der Waals surface area (Å²) >= 11 is 0. The van der Waals surface area contributed by atoms with Gasteiger partial charge in [0.1, 0.15) is 0 Å². The van der Waals surface area contributed by atoms with Crippen LogP contribution in [0.5, 0.6) is 0 Å². The van der Waals surface area contributed by atoms with Crippen LogP contribution in [0.1, 0.15) is 380 Å². The molecule has 0 spiro atoms. The molecule has 1 amide bonds. The van der Waals surface area contributed by atoms with E-state index in [1.807, 2.05) is 6.08 Å². The Balaban J connectivity index is 3.38. The molecule has 6 nitrogen and oxygen atoms in total. The summed E-state index contributed by atoms with van der Waals surface area (Å²) in [7, 11) is 0. The number of carbonyl (C=O) groups excluding carboxylic acids is 2. The van der Waals surface area contributed by atoms with Gasteiger partial charge in [-0.2, -0.15) is 0 Å². The summed E-state index contributed by atoms with van der Waals surface area (Å²) in [6.45, 7) is 4.93. The Morgan fingerprint density at radius 3 is 0.947 bits per heavy atom. The first-order chi connectivity index (χ1) is 37.0. The minimum atomic E-state index is -0.843. The zero-order valence-corrected chi connectivity index (χ0v) is 50.8. The molecule has 0 rings (SSSR count). The van der Waals surface area contributed by atoms with E-state index in [1.165, 1.54) is 315 Å². The van der Waals surface area contributed by atoms with Gasteiger partial charge in [-0.15, -0.1) is 0 Å². The van der Waals surface area contributed by atoms with Crippen molar-refractivity contribution in [3.8, 4) is 0 Å². The zero-order chi connectivity index (χ0) is 54.3. The van der Waals surface area contributed by atoms with Gasteiger partial charge >= 0.3 is 5.97 Å². The van der Waals surface area contributed by atoms with Crippen molar-refractivity contribution in [1.29, 1.82) is 0 Å². The largest absolute Gasteiger partial charge is 0.466 e. The van der Waals surface area contributed by atoms with Crippen molar-refractivity contribution in [1.82, 2.24) is 5.32 Å². The van der Waals surface area contributed by atoms with E-state index in [-0.39, 0.29) is 18.5 Å². The molecule has 0 saturated carbocycles. The van der Waals surface area contributed by atoms with E-state index in [1.54, 1.807) is 6.08 Å². The second-order valence-electron chi connectivity index (χ2n) is 23.5. The highest BCUT2D eigenvalue weighted by atomic mass is 16.5. The van der Waals surface area contributed by atoms with Crippen LogP contribution >= 0.6 is 0 Å². The van der Waals surface area contributed by atoms with Crippen molar-refractivity contribution in [2.45, 2.75) is 392 Å². The van der Waals surface area contributed by atoms with Crippen molar-refractivity contribution in [3.63, 3.8) is 0 Å². The van der Waals surface area contributed by atoms with Crippen molar-refractivity contribution in [3.05, 3.63) is 24.3 Å². The molecule has 0 radical (unpaired) electrons. The number of esters is 1. The Bertz CT molecular complexity index is 1170. The van der Waals surface area contributed by atoms with Gasteiger partial charge in [-0.3, -0.25) is 9.59 Å². The number of amides is 1. The summed E-state index contributed by atoms with van der Waals surface area (Å²) < 4.78 is 5.48. The number of unbranched alkanes of at least 4 members (excludes halogenated alkanes) is 51. The molecule has 0 aliphatic rings. The first-order valence-corrected chi connectivity index (χ1v) is 34.1. The molecule has 0 heterocycles. The first-order valence-electron chi connectivity index (χ1n) is 34.1. The quantitative estimate of drug-likeness (QED) is 0.0320. The van der Waals surface area contributed by atoms with Crippen molar-refractivity contribution >= 4 is 11.9 Å². The number of nitrogens with one attached hydrogen (secondary N) is 1. The number of carbonyl (C=O) groups is 2. The van der Waals surface area contributed by atoms with Gasteiger partial charge < -0.3 is 20.3 Å². The SMILES string of the molecule is CCCCCCCCCCCCCCCC/C=C/C(O)C(CO)NC(=O)CCCCCCCCCCCCCCCC/C=C\CCCCCCCCCCCCCCOC(=O)CCCCCCCCCCCCCC. The fourth-order valence-electron chi connectivity index (χ4n) is 10.7. The normalized spacial score (nSPS) is 12.6. The molecule has 0 aliphatic carbocycles. The third kappa shape index (κ3) is 61.4. The lowest BCUT2D eigenvalue weighted by Crippen LogP contribution is -2.45. The van der Waals surface area contributed by atoms with Gasteiger partial charge in [0.05, 0.1) is 25.4 Å². The van der Waals surface area contributed by atoms with Gasteiger partial charge in [0.25, 0.3) is 0 Å². The topological polar surface area (TPSA) is 95.9 Å². The molecule has 0 aromatic rings. The van der Waals surface area contributed by atoms with Crippen LogP contribution in [0.4, 0.5) is 0 Å². The molecule has 6 heteroatoms. The van der Waals surface area contributed by atoms with Gasteiger partial charge in [-0.1, -0.05) is 334 Å². The standard InChI is InChI=1S/C69H133NO5/c1-3-5-7-9-11-13-15-17-18-35-38-41-45-49-53-57-61-67(72)66(65-71)70-68(73)62-58-54-50-46-42-39-36-33-31-29-27-25-23-21-19-20-22-24-26-28-30-32-34-37-40-44-48-52-56-60-64-75-69(74)63-59-55-51-47-43-16-14-12-10-8-6-4-2/h20,22,57,61,66-67,71-72H,3-19,21,23-56,58-60,62-65H2,1-2H3,(H,70,73)/b22-20-,61-57+. The summed E-state index contributed by atoms with van der Waals surface area (Å²) in [4.78, 5) is 24.5. The Labute approximate surface area is 469 Å². The maximum absolute atomic E-state index is 12.5. The third-order valence-corrected chi connectivity index (χ3v) is 16.0. The Morgan fingerprint density at radius 2 is 0.627 bits per heavy atom. The number of ether oxygens (including phenoxy) is 1. The van der Waals surface area contributed by atoms with Crippen LogP contribution in [-0.2, 0) is 14.3 Å². The number of aliphatic hydroxyl groups excluding tert-OH is 2. The van der Waals surface area contributed by atoms with Crippen LogP contribution in [0, 0.1) is 0 Å². The molecule has 3 N–H and O–H groups in total. The highest BCUT2D eigenvalue weighted by Gasteiger charge is 2.18. The minimum absolute atomic E-state index is 0.0179. The van der Waals surface area contributed by atoms with Crippen molar-refractivity contribution < 1.29 is 24.5 Å². The maximum Gasteiger partial charge on any atom is 0.305 e. The molecule has 0 aromatic carbocycles. The Morgan fingerprint density at radius 1 is 0.360 bits per heavy atom. The number of hydrogen-bond donors (Lipinski definition) is 3. The van der Waals surface area contributed by atoms with Gasteiger partial charge in [-0.05, 0) is 57.8 Å². The smallest absolute Gasteiger partial charge is 0.305 e. The number of allylic oxidation sites excluding steroid dienone is 3. The molecule has 0 aromatic heterocycles. The maximum atomic E-state index is 12.5. The molecule has 0 bridgehead atoms. The average Bonchev–Trinajstić information content (AvgIpc) is 3.41. The van der Waals surface area contributed by atoms with Crippen LogP contribution in [-0.4, -0.2) is 47.4 Å². The second-order valence-corrected chi connectivity index (χ2v) is 23.5. The minimum Gasteiger partial charge on any atom is -0.466 e. The van der Waals surface area contributed by atoms with Crippen molar-refractivity contribution in [2.75, 3.05) is 13.2 Å². The summed E-state index contributed by atoms with van der Waals surface area (Å²) in [6.07, 6.45) is 81.1. The average molecular weight is 1060 g/mol. The van der Waals surface area contributed by atoms with Crippen LogP contribution < -0.4 is 5.32 Å². The molecule has 75 heavy (non-hydrogen) atoms. The van der Waals surface area contributed by atoms with Gasteiger partial charge in [0.15, 0.2) is 0 Å². The Kier molecular flexibility index (Phi) is 63.4. The highest BCUT2D eigenvalue weighted by Crippen LogP contribution is 2.18. The fourth-order valence-corrected chi connectivity index (χ4v) is 10.7. The predicted octanol–water partition coefficient (Wildman–Crippen LogP) is 21.8. The van der Waals surface area contributed by atoms with Crippen LogP contribution in [0.15, 0.2) is 24.3 Å². The molecular formula is C69H133NO5. The fraction of sp³-hybridized carbons (Fsp3) is 0.913. The lowest BCUT2D eigenvalue weighted by Gasteiger charge is -2.20. The van der Waals surface area contributed by atoms with Gasteiger partial charge in [0, 0.05) is 12.8 Å². The second kappa shape index (κ2) is 64.9. The van der Waals surface area contributed by atoms with E-state index in [4.69, 9.17) is 4.74 Å². The molecule has 2 atom stereocenters. The van der Waals surface area contributed by atoms with E-state index in [0.29, 0.717) is 19.4 Å². The van der Waals surface area contributed by atoms with Gasteiger partial charge in [0.2, 0.25) is 5.91 Å². The van der Waals surface area contributed by atoms with Crippen molar-refractivity contribution in [2.24, 2.45) is 0 Å². The van der Waals surface area contributed by atoms with E-state index in [9.17, 15) is 19.8 Å². The molecule has 0 aliphatic heterocycles. The molecular weight excluding hydrogens is 923 g/mol. The van der Waals surface area contributed by atoms with Crippen LogP contribution in [0.25, 0.3) is 0 Å². The highest BCUT2D eigenvalue weighted by molar-refractivity contribution is 5.76. The van der Waals surface area contributed by atoms with Crippen LogP contribution in [0.3, 0.4) is 0 Å². The summed E-state index contributed by atoms with van der Waals surface area (Å²) in [5, 5.41) is 23.2. The number of aliphatic hydroxyl groups is 2. The van der Waals surface area contributed by atoms with E-state index >= 15 is 0 Å². The van der Waals surface area contributed by atoms with Gasteiger partial charge in [-0.25, -0.2) is 0 Å². The first kappa shape index (κ1) is 73.3. The zero-order valence-electron chi connectivity index (χ0n) is 50.8. The lowest BCUT2D eigenvalue weighted by atomic mass is 10.0. The number of rotatable bonds is 64. The molecule has 444 valence electrons. The van der Waals surface area contributed by atoms with E-state index in [2.05, 4.69) is 31.3 Å². The summed E-state index contributed by atoms with van der Waals surface area (Å²) in [5.41, 5.74) is 0. The molecule has 2 unspecified atom stereocenters. The molecule has 0 saturated heterocycles. The monoisotopic (exact) mass is 1060 g/mol. The Hall–Kier alpha value is -1.66. The molecule has 0 fully saturated rings. The summed E-state index contributed by atoms with van der Waals surface area (Å²) in [6, 6.07) is -0.626. The third-order valence-electron chi connectivity index (χ3n) is 16.0. The predicted molar refractivity (Wildman–Crippen MR) is 329 cm³/mol. The lowest BCUT2D eigenvalue weighted by molar-refractivity contribution is -0.143.